The van der Waals surface area contributed by atoms with Crippen LogP contribution in [0.25, 0.3) is 0 Å². The normalized spacial score (nSPS) is 20.6. The number of halogens is 2. The van der Waals surface area contributed by atoms with E-state index in [9.17, 15) is 9.59 Å². The molecule has 2 rings (SSSR count). The fourth-order valence-electron chi connectivity index (χ4n) is 2.36. The second-order valence-electron chi connectivity index (χ2n) is 5.32. The minimum atomic E-state index is -1.14. The van der Waals surface area contributed by atoms with E-state index in [1.54, 1.807) is 12.1 Å². The molecule has 23 heavy (non-hydrogen) atoms. The molecule has 3 atom stereocenters. The highest BCUT2D eigenvalue weighted by molar-refractivity contribution is 6.42. The third-order valence-electron chi connectivity index (χ3n) is 3.64. The van der Waals surface area contributed by atoms with Crippen LogP contribution >= 0.6 is 23.2 Å². The zero-order valence-corrected chi connectivity index (χ0v) is 13.8. The third-order valence-corrected chi connectivity index (χ3v) is 4.48. The molecule has 124 valence electrons. The highest BCUT2D eigenvalue weighted by atomic mass is 35.5. The Balaban J connectivity index is 1.95. The molecule has 5 nitrogen and oxygen atoms in total. The minimum absolute atomic E-state index is 0.0373. The number of aliphatic carboxylic acids is 1. The first-order chi connectivity index (χ1) is 11.0. The Bertz CT molecular complexity index is 620. The Morgan fingerprint density at radius 1 is 1.48 bits per heavy atom. The molecule has 1 fully saturated rings. The Labute approximate surface area is 144 Å². The van der Waals surface area contributed by atoms with Gasteiger partial charge in [-0.25, -0.2) is 4.79 Å². The molecular formula is C16H17Cl2NO4. The monoisotopic (exact) mass is 357 g/mol. The van der Waals surface area contributed by atoms with E-state index in [0.717, 1.165) is 5.56 Å². The van der Waals surface area contributed by atoms with Crippen molar-refractivity contribution in [3.63, 3.8) is 0 Å². The number of benzene rings is 1. The molecule has 1 saturated carbocycles. The zero-order chi connectivity index (χ0) is 17.0. The molecule has 0 aromatic heterocycles. The van der Waals surface area contributed by atoms with Crippen LogP contribution in [-0.2, 0) is 14.3 Å². The summed E-state index contributed by atoms with van der Waals surface area (Å²) in [5, 5.41) is 12.5. The third kappa shape index (κ3) is 4.47. The van der Waals surface area contributed by atoms with Crippen molar-refractivity contribution in [2.24, 2.45) is 5.92 Å². The van der Waals surface area contributed by atoms with Gasteiger partial charge in [-0.1, -0.05) is 41.4 Å². The molecule has 7 heteroatoms. The lowest BCUT2D eigenvalue weighted by molar-refractivity contribution is -0.143. The van der Waals surface area contributed by atoms with E-state index >= 15 is 0 Å². The molecule has 1 amide bonds. The topological polar surface area (TPSA) is 75.6 Å². The second kappa shape index (κ2) is 7.81. The average Bonchev–Trinajstić information content (AvgIpc) is 3.29. The first-order valence-electron chi connectivity index (χ1n) is 7.11. The number of amides is 1. The SMILES string of the molecule is C=CCOCC(NC(=O)C1CC1c1cccc(Cl)c1Cl)C(=O)O. The summed E-state index contributed by atoms with van der Waals surface area (Å²) in [4.78, 5) is 23.4. The van der Waals surface area contributed by atoms with Gasteiger partial charge in [-0.3, -0.25) is 4.79 Å². The molecule has 0 bridgehead atoms. The lowest BCUT2D eigenvalue weighted by Crippen LogP contribution is -2.44. The highest BCUT2D eigenvalue weighted by Crippen LogP contribution is 2.50. The maximum atomic E-state index is 12.2. The molecule has 0 radical (unpaired) electrons. The second-order valence-corrected chi connectivity index (χ2v) is 6.10. The van der Waals surface area contributed by atoms with Crippen LogP contribution in [0.3, 0.4) is 0 Å². The molecule has 1 aliphatic rings. The fraction of sp³-hybridized carbons (Fsp3) is 0.375. The van der Waals surface area contributed by atoms with E-state index in [1.807, 2.05) is 6.07 Å². The largest absolute Gasteiger partial charge is 0.480 e. The van der Waals surface area contributed by atoms with Crippen molar-refractivity contribution in [1.29, 1.82) is 0 Å². The number of hydrogen-bond acceptors (Lipinski definition) is 3. The highest BCUT2D eigenvalue weighted by Gasteiger charge is 2.45. The summed E-state index contributed by atoms with van der Waals surface area (Å²) < 4.78 is 5.10. The van der Waals surface area contributed by atoms with Gasteiger partial charge in [0, 0.05) is 5.92 Å². The molecule has 1 aliphatic carbocycles. The van der Waals surface area contributed by atoms with Crippen molar-refractivity contribution in [1.82, 2.24) is 5.32 Å². The summed E-state index contributed by atoms with van der Waals surface area (Å²) in [6.45, 7) is 3.59. The van der Waals surface area contributed by atoms with Crippen LogP contribution in [0.15, 0.2) is 30.9 Å². The Morgan fingerprint density at radius 3 is 2.87 bits per heavy atom. The van der Waals surface area contributed by atoms with Gasteiger partial charge in [0.25, 0.3) is 0 Å². The first-order valence-corrected chi connectivity index (χ1v) is 7.87. The predicted molar refractivity (Wildman–Crippen MR) is 87.9 cm³/mol. The fourth-order valence-corrected chi connectivity index (χ4v) is 2.81. The lowest BCUT2D eigenvalue weighted by Gasteiger charge is -2.14. The van der Waals surface area contributed by atoms with Crippen LogP contribution in [0, 0.1) is 5.92 Å². The summed E-state index contributed by atoms with van der Waals surface area (Å²) >= 11 is 12.1. The van der Waals surface area contributed by atoms with Gasteiger partial charge >= 0.3 is 5.97 Å². The van der Waals surface area contributed by atoms with Crippen molar-refractivity contribution < 1.29 is 19.4 Å². The van der Waals surface area contributed by atoms with Gasteiger partial charge < -0.3 is 15.2 Å². The first kappa shape index (κ1) is 17.8. The quantitative estimate of drug-likeness (QED) is 0.554. The molecular weight excluding hydrogens is 341 g/mol. The van der Waals surface area contributed by atoms with Crippen LogP contribution in [-0.4, -0.2) is 36.2 Å². The number of carbonyl (C=O) groups is 2. The van der Waals surface area contributed by atoms with Crippen molar-refractivity contribution in [2.75, 3.05) is 13.2 Å². The van der Waals surface area contributed by atoms with E-state index in [-0.39, 0.29) is 31.0 Å². The molecule has 2 N–H and O–H groups in total. The maximum Gasteiger partial charge on any atom is 0.328 e. The predicted octanol–water partition coefficient (Wildman–Crippen LogP) is 2.87. The molecule has 0 heterocycles. The van der Waals surface area contributed by atoms with Crippen LogP contribution in [0.1, 0.15) is 17.9 Å². The number of hydrogen-bond donors (Lipinski definition) is 2. The van der Waals surface area contributed by atoms with E-state index in [0.29, 0.717) is 16.5 Å². The van der Waals surface area contributed by atoms with Gasteiger partial charge in [0.1, 0.15) is 0 Å². The van der Waals surface area contributed by atoms with Crippen LogP contribution in [0.5, 0.6) is 0 Å². The van der Waals surface area contributed by atoms with E-state index in [4.69, 9.17) is 33.0 Å². The van der Waals surface area contributed by atoms with Gasteiger partial charge in [-0.2, -0.15) is 0 Å². The van der Waals surface area contributed by atoms with Gasteiger partial charge in [0.2, 0.25) is 5.91 Å². The van der Waals surface area contributed by atoms with Crippen molar-refractivity contribution in [3.05, 3.63) is 46.5 Å². The zero-order valence-electron chi connectivity index (χ0n) is 12.3. The standard InChI is InChI=1S/C16H17Cl2NO4/c1-2-6-23-8-13(16(21)22)19-15(20)11-7-10(11)9-4-3-5-12(17)14(9)18/h2-5,10-11,13H,1,6-8H2,(H,19,20)(H,21,22). The van der Waals surface area contributed by atoms with Crippen molar-refractivity contribution in [2.45, 2.75) is 18.4 Å². The maximum absolute atomic E-state index is 12.2. The number of rotatable bonds is 8. The van der Waals surface area contributed by atoms with Crippen LogP contribution in [0.4, 0.5) is 0 Å². The smallest absolute Gasteiger partial charge is 0.328 e. The number of carboxylic acids is 1. The van der Waals surface area contributed by atoms with Crippen LogP contribution in [0.2, 0.25) is 10.0 Å². The van der Waals surface area contributed by atoms with Crippen molar-refractivity contribution >= 4 is 35.1 Å². The summed E-state index contributed by atoms with van der Waals surface area (Å²) in [6.07, 6.45) is 2.13. The minimum Gasteiger partial charge on any atom is -0.480 e. The van der Waals surface area contributed by atoms with Gasteiger partial charge in [-0.15, -0.1) is 6.58 Å². The molecule has 0 aliphatic heterocycles. The number of ether oxygens (including phenoxy) is 1. The van der Waals surface area contributed by atoms with Crippen LogP contribution < -0.4 is 5.32 Å². The lowest BCUT2D eigenvalue weighted by atomic mass is 10.1. The number of carboxylic acid groups (broad SMARTS) is 1. The average molecular weight is 358 g/mol. The van der Waals surface area contributed by atoms with Crippen molar-refractivity contribution in [3.8, 4) is 0 Å². The van der Waals surface area contributed by atoms with E-state index in [2.05, 4.69) is 11.9 Å². The van der Waals surface area contributed by atoms with Gasteiger partial charge in [0.05, 0.1) is 23.3 Å². The summed E-state index contributed by atoms with van der Waals surface area (Å²) in [6, 6.07) is 4.20. The van der Waals surface area contributed by atoms with Gasteiger partial charge in [0.15, 0.2) is 6.04 Å². The molecule has 3 unspecified atom stereocenters. The summed E-state index contributed by atoms with van der Waals surface area (Å²) in [5.41, 5.74) is 0.814. The molecule has 0 spiro atoms. The van der Waals surface area contributed by atoms with E-state index < -0.39 is 12.0 Å². The molecule has 1 aromatic carbocycles. The summed E-state index contributed by atoms with van der Waals surface area (Å²) in [7, 11) is 0. The van der Waals surface area contributed by atoms with E-state index in [1.165, 1.54) is 6.08 Å². The number of nitrogens with one attached hydrogen (secondary N) is 1. The Kier molecular flexibility index (Phi) is 6.04. The van der Waals surface area contributed by atoms with Gasteiger partial charge in [-0.05, 0) is 24.0 Å². The molecule has 0 saturated heterocycles. The Morgan fingerprint density at radius 2 is 2.22 bits per heavy atom. The summed E-state index contributed by atoms with van der Waals surface area (Å²) in [5.74, 6) is -1.79. The molecule has 1 aromatic rings. The Hall–Kier alpha value is -1.56. The number of carbonyl (C=O) groups excluding carboxylic acids is 1.